The third-order valence-corrected chi connectivity index (χ3v) is 3.87. The lowest BCUT2D eigenvalue weighted by atomic mass is 9.87. The zero-order valence-corrected chi connectivity index (χ0v) is 13.5. The number of nitrogens with one attached hydrogen (secondary N) is 1. The van der Waals surface area contributed by atoms with Gasteiger partial charge in [-0.25, -0.2) is 0 Å². The van der Waals surface area contributed by atoms with Crippen LogP contribution in [0.3, 0.4) is 0 Å². The normalized spacial score (nSPS) is 14.0. The lowest BCUT2D eigenvalue weighted by Crippen LogP contribution is -2.29. The van der Waals surface area contributed by atoms with Gasteiger partial charge in [0.25, 0.3) is 0 Å². The van der Waals surface area contributed by atoms with Gasteiger partial charge >= 0.3 is 0 Å². The van der Waals surface area contributed by atoms with Crippen LogP contribution in [0.25, 0.3) is 0 Å². The van der Waals surface area contributed by atoms with Crippen molar-refractivity contribution in [2.45, 2.75) is 58.9 Å². The van der Waals surface area contributed by atoms with Crippen LogP contribution in [0, 0.1) is 5.92 Å². The van der Waals surface area contributed by atoms with Crippen LogP contribution >= 0.6 is 0 Å². The second-order valence-electron chi connectivity index (χ2n) is 5.40. The lowest BCUT2D eigenvalue weighted by Gasteiger charge is -2.28. The molecule has 0 saturated carbocycles. The number of ether oxygens (including phenoxy) is 1. The highest BCUT2D eigenvalue weighted by Crippen LogP contribution is 2.30. The van der Waals surface area contributed by atoms with Gasteiger partial charge in [0.2, 0.25) is 0 Å². The number of methoxy groups -OCH3 is 1. The minimum Gasteiger partial charge on any atom is -0.495 e. The zero-order chi connectivity index (χ0) is 14.8. The largest absolute Gasteiger partial charge is 0.495 e. The lowest BCUT2D eigenvalue weighted by molar-refractivity contribution is 0.321. The highest BCUT2D eigenvalue weighted by atomic mass is 16.5. The smallest absolute Gasteiger partial charge is 0.137 e. The Bertz CT molecular complexity index is 368. The van der Waals surface area contributed by atoms with Crippen molar-refractivity contribution in [3.8, 4) is 5.75 Å². The van der Waals surface area contributed by atoms with Gasteiger partial charge < -0.3 is 10.1 Å². The first-order valence-corrected chi connectivity index (χ1v) is 7.99. The van der Waals surface area contributed by atoms with Crippen LogP contribution in [0.5, 0.6) is 5.75 Å². The summed E-state index contributed by atoms with van der Waals surface area (Å²) in [6.45, 7) is 7.80. The fraction of sp³-hybridized carbons (Fsp3) is 0.706. The summed E-state index contributed by atoms with van der Waals surface area (Å²) < 4.78 is 5.31. The number of rotatable bonds is 10. The second-order valence-corrected chi connectivity index (χ2v) is 5.40. The van der Waals surface area contributed by atoms with E-state index in [1.165, 1.54) is 31.2 Å². The first-order valence-electron chi connectivity index (χ1n) is 7.99. The maximum atomic E-state index is 5.31. The SMILES string of the molecule is CCCCC(CC)C(NCCC)c1cncc(OC)c1. The maximum absolute atomic E-state index is 5.31. The average Bonchev–Trinajstić information content (AvgIpc) is 2.50. The van der Waals surface area contributed by atoms with Gasteiger partial charge in [0.05, 0.1) is 13.3 Å². The standard InChI is InChI=1S/C17H30N2O/c1-5-8-9-14(7-3)17(19-10-6-2)15-11-16(20-4)13-18-12-15/h11-14,17,19H,5-10H2,1-4H3. The van der Waals surface area contributed by atoms with E-state index in [1.807, 2.05) is 6.20 Å². The molecule has 1 aromatic rings. The quantitative estimate of drug-likeness (QED) is 0.691. The van der Waals surface area contributed by atoms with E-state index in [4.69, 9.17) is 4.74 Å². The topological polar surface area (TPSA) is 34.2 Å². The van der Waals surface area contributed by atoms with Crippen molar-refractivity contribution < 1.29 is 4.74 Å². The van der Waals surface area contributed by atoms with E-state index in [9.17, 15) is 0 Å². The number of nitrogens with zero attached hydrogens (tertiary/aromatic N) is 1. The molecule has 2 atom stereocenters. The first kappa shape index (κ1) is 17.0. The fourth-order valence-corrected chi connectivity index (χ4v) is 2.65. The third-order valence-electron chi connectivity index (χ3n) is 3.87. The average molecular weight is 278 g/mol. The van der Waals surface area contributed by atoms with E-state index in [0.717, 1.165) is 18.7 Å². The van der Waals surface area contributed by atoms with Crippen molar-refractivity contribution in [2.75, 3.05) is 13.7 Å². The van der Waals surface area contributed by atoms with Gasteiger partial charge in [0.1, 0.15) is 5.75 Å². The summed E-state index contributed by atoms with van der Waals surface area (Å²) in [7, 11) is 1.70. The van der Waals surface area contributed by atoms with Crippen LogP contribution in [-0.2, 0) is 0 Å². The number of hydrogen-bond donors (Lipinski definition) is 1. The molecule has 1 N–H and O–H groups in total. The molecular weight excluding hydrogens is 248 g/mol. The Hall–Kier alpha value is -1.09. The number of pyridine rings is 1. The number of hydrogen-bond acceptors (Lipinski definition) is 3. The van der Waals surface area contributed by atoms with Gasteiger partial charge in [0.15, 0.2) is 0 Å². The van der Waals surface area contributed by atoms with E-state index in [1.54, 1.807) is 13.3 Å². The Balaban J connectivity index is 2.89. The fourth-order valence-electron chi connectivity index (χ4n) is 2.65. The van der Waals surface area contributed by atoms with E-state index < -0.39 is 0 Å². The molecular formula is C17H30N2O. The summed E-state index contributed by atoms with van der Waals surface area (Å²) in [6.07, 6.45) is 9.91. The molecule has 2 unspecified atom stereocenters. The van der Waals surface area contributed by atoms with E-state index >= 15 is 0 Å². The van der Waals surface area contributed by atoms with Crippen molar-refractivity contribution in [3.63, 3.8) is 0 Å². The Morgan fingerprint density at radius 3 is 2.60 bits per heavy atom. The molecule has 1 rings (SSSR count). The van der Waals surface area contributed by atoms with Crippen molar-refractivity contribution in [1.82, 2.24) is 10.3 Å². The second kappa shape index (κ2) is 9.76. The maximum Gasteiger partial charge on any atom is 0.137 e. The van der Waals surface area contributed by atoms with Gasteiger partial charge in [-0.2, -0.15) is 0 Å². The van der Waals surface area contributed by atoms with Crippen molar-refractivity contribution in [3.05, 3.63) is 24.0 Å². The number of unbranched alkanes of at least 4 members (excludes halogenated alkanes) is 1. The van der Waals surface area contributed by atoms with E-state index in [-0.39, 0.29) is 0 Å². The van der Waals surface area contributed by atoms with Gasteiger partial charge in [-0.3, -0.25) is 4.98 Å². The van der Waals surface area contributed by atoms with Gasteiger partial charge in [-0.05, 0) is 36.9 Å². The summed E-state index contributed by atoms with van der Waals surface area (Å²) in [5, 5.41) is 3.70. The van der Waals surface area contributed by atoms with E-state index in [2.05, 4.69) is 37.1 Å². The molecule has 0 radical (unpaired) electrons. The molecule has 0 amide bonds. The predicted molar refractivity (Wildman–Crippen MR) is 85.1 cm³/mol. The Morgan fingerprint density at radius 2 is 2.00 bits per heavy atom. The first-order chi connectivity index (χ1) is 9.76. The molecule has 1 heterocycles. The molecule has 3 nitrogen and oxygen atoms in total. The number of aromatic nitrogens is 1. The zero-order valence-electron chi connectivity index (χ0n) is 13.5. The van der Waals surface area contributed by atoms with Crippen LogP contribution in [0.2, 0.25) is 0 Å². The van der Waals surface area contributed by atoms with Crippen molar-refractivity contribution in [1.29, 1.82) is 0 Å². The molecule has 20 heavy (non-hydrogen) atoms. The van der Waals surface area contributed by atoms with Crippen molar-refractivity contribution in [2.24, 2.45) is 5.92 Å². The molecule has 0 fully saturated rings. The molecule has 0 bridgehead atoms. The summed E-state index contributed by atoms with van der Waals surface area (Å²) in [4.78, 5) is 4.32. The van der Waals surface area contributed by atoms with Gasteiger partial charge in [-0.15, -0.1) is 0 Å². The molecule has 0 aliphatic carbocycles. The van der Waals surface area contributed by atoms with Crippen molar-refractivity contribution >= 4 is 0 Å². The van der Waals surface area contributed by atoms with Gasteiger partial charge in [-0.1, -0.05) is 40.0 Å². The summed E-state index contributed by atoms with van der Waals surface area (Å²) >= 11 is 0. The summed E-state index contributed by atoms with van der Waals surface area (Å²) in [5.74, 6) is 1.51. The third kappa shape index (κ3) is 5.12. The van der Waals surface area contributed by atoms with Crippen LogP contribution in [0.1, 0.15) is 64.5 Å². The summed E-state index contributed by atoms with van der Waals surface area (Å²) in [5.41, 5.74) is 1.25. The Morgan fingerprint density at radius 1 is 1.20 bits per heavy atom. The summed E-state index contributed by atoms with van der Waals surface area (Å²) in [6, 6.07) is 2.50. The molecule has 0 aliphatic heterocycles. The van der Waals surface area contributed by atoms with E-state index in [0.29, 0.717) is 12.0 Å². The molecule has 1 aromatic heterocycles. The highest BCUT2D eigenvalue weighted by Gasteiger charge is 2.21. The van der Waals surface area contributed by atoms with Crippen LogP contribution in [-0.4, -0.2) is 18.6 Å². The minimum absolute atomic E-state index is 0.383. The van der Waals surface area contributed by atoms with Crippen LogP contribution < -0.4 is 10.1 Å². The molecule has 0 aromatic carbocycles. The van der Waals surface area contributed by atoms with Gasteiger partial charge in [0, 0.05) is 12.2 Å². The van der Waals surface area contributed by atoms with Crippen LogP contribution in [0.4, 0.5) is 0 Å². The Kier molecular flexibility index (Phi) is 8.28. The molecule has 0 aliphatic rings. The van der Waals surface area contributed by atoms with Crippen LogP contribution in [0.15, 0.2) is 18.5 Å². The minimum atomic E-state index is 0.383. The highest BCUT2D eigenvalue weighted by molar-refractivity contribution is 5.26. The molecule has 3 heteroatoms. The Labute approximate surface area is 124 Å². The molecule has 114 valence electrons. The molecule has 0 spiro atoms. The predicted octanol–water partition coefficient (Wildman–Crippen LogP) is 4.35. The monoisotopic (exact) mass is 278 g/mol. The molecule has 0 saturated heterocycles.